The van der Waals surface area contributed by atoms with Crippen LogP contribution in [0.4, 0.5) is 0 Å². The van der Waals surface area contributed by atoms with Gasteiger partial charge in [-0.15, -0.1) is 0 Å². The van der Waals surface area contributed by atoms with Crippen LogP contribution in [0.5, 0.6) is 0 Å². The second-order valence-corrected chi connectivity index (χ2v) is 7.01. The molecule has 0 aliphatic rings. The van der Waals surface area contributed by atoms with Gasteiger partial charge in [0.05, 0.1) is 0 Å². The van der Waals surface area contributed by atoms with E-state index in [1.807, 2.05) is 0 Å². The number of hydrogen-bond donors (Lipinski definition) is 0. The van der Waals surface area contributed by atoms with E-state index in [0.717, 1.165) is 35.3 Å². The van der Waals surface area contributed by atoms with E-state index in [1.54, 1.807) is 16.7 Å². The van der Waals surface area contributed by atoms with Gasteiger partial charge in [-0.05, 0) is 73.4 Å². The van der Waals surface area contributed by atoms with Crippen LogP contribution in [0.1, 0.15) is 33.4 Å². The molecular formula is C15H21Br3. The Balaban J connectivity index is 3.42. The maximum Gasteiger partial charge on any atom is 0.00720 e. The van der Waals surface area contributed by atoms with Crippen molar-refractivity contribution >= 4 is 47.8 Å². The SMILES string of the molecule is Cc1c(CCBr)c(C)c(CCBr)c(C)c1CCBr. The highest BCUT2D eigenvalue weighted by Crippen LogP contribution is 2.29. The predicted octanol–water partition coefficient (Wildman–Crippen LogP) is 5.42. The molecule has 1 rings (SSSR count). The van der Waals surface area contributed by atoms with Crippen molar-refractivity contribution in [1.82, 2.24) is 0 Å². The average Bonchev–Trinajstić information content (AvgIpc) is 2.35. The summed E-state index contributed by atoms with van der Waals surface area (Å²) in [5.41, 5.74) is 9.14. The van der Waals surface area contributed by atoms with Crippen LogP contribution in [0.2, 0.25) is 0 Å². The highest BCUT2D eigenvalue weighted by Gasteiger charge is 2.15. The van der Waals surface area contributed by atoms with Crippen molar-refractivity contribution in [2.45, 2.75) is 40.0 Å². The van der Waals surface area contributed by atoms with Crippen molar-refractivity contribution in [2.75, 3.05) is 16.0 Å². The van der Waals surface area contributed by atoms with E-state index < -0.39 is 0 Å². The minimum absolute atomic E-state index is 1.04. The standard InChI is InChI=1S/C15H21Br3/c1-10-13(4-7-16)11(2)15(6-9-18)12(3)14(10)5-8-17/h4-9H2,1-3H3. The normalized spacial score (nSPS) is 11.0. The summed E-state index contributed by atoms with van der Waals surface area (Å²) in [5, 5.41) is 3.12. The fourth-order valence-electron chi connectivity index (χ4n) is 2.80. The molecule has 102 valence electrons. The molecule has 18 heavy (non-hydrogen) atoms. The minimum Gasteiger partial charge on any atom is -0.0924 e. The molecule has 0 bridgehead atoms. The molecule has 0 aliphatic carbocycles. The first-order chi connectivity index (χ1) is 8.58. The topological polar surface area (TPSA) is 0 Å². The van der Waals surface area contributed by atoms with Crippen molar-refractivity contribution in [2.24, 2.45) is 0 Å². The van der Waals surface area contributed by atoms with Crippen molar-refractivity contribution in [1.29, 1.82) is 0 Å². The molecule has 0 saturated carbocycles. The Kier molecular flexibility index (Phi) is 7.48. The fourth-order valence-corrected chi connectivity index (χ4v) is 3.99. The summed E-state index contributed by atoms with van der Waals surface area (Å²) in [5.74, 6) is 0. The molecule has 0 heterocycles. The molecule has 0 radical (unpaired) electrons. The summed E-state index contributed by atoms with van der Waals surface area (Å²) >= 11 is 10.7. The molecule has 3 heteroatoms. The lowest BCUT2D eigenvalue weighted by atomic mass is 9.85. The average molecular weight is 441 g/mol. The molecule has 0 aromatic heterocycles. The van der Waals surface area contributed by atoms with Gasteiger partial charge in [0.2, 0.25) is 0 Å². The molecule has 0 fully saturated rings. The second kappa shape index (κ2) is 8.06. The molecule has 0 N–H and O–H groups in total. The van der Waals surface area contributed by atoms with Crippen LogP contribution in [0.15, 0.2) is 0 Å². The predicted molar refractivity (Wildman–Crippen MR) is 93.1 cm³/mol. The third kappa shape index (κ3) is 3.61. The largest absolute Gasteiger partial charge is 0.0924 e. The summed E-state index contributed by atoms with van der Waals surface area (Å²) in [6.45, 7) is 6.86. The number of rotatable bonds is 6. The molecule has 0 aliphatic heterocycles. The van der Waals surface area contributed by atoms with Crippen molar-refractivity contribution < 1.29 is 0 Å². The number of benzene rings is 1. The highest BCUT2D eigenvalue weighted by atomic mass is 79.9. The van der Waals surface area contributed by atoms with E-state index in [0.29, 0.717) is 0 Å². The molecule has 0 atom stereocenters. The quantitative estimate of drug-likeness (QED) is 0.518. The first-order valence-electron chi connectivity index (χ1n) is 6.36. The van der Waals surface area contributed by atoms with Crippen LogP contribution >= 0.6 is 47.8 Å². The number of halogens is 3. The van der Waals surface area contributed by atoms with E-state index in [-0.39, 0.29) is 0 Å². The Labute approximate surface area is 136 Å². The molecule has 0 unspecified atom stereocenters. The Bertz CT molecular complexity index is 328. The Morgan fingerprint density at radius 2 is 0.778 bits per heavy atom. The van der Waals surface area contributed by atoms with Gasteiger partial charge in [0.1, 0.15) is 0 Å². The molecule has 1 aromatic rings. The van der Waals surface area contributed by atoms with E-state index in [9.17, 15) is 0 Å². The lowest BCUT2D eigenvalue weighted by Crippen LogP contribution is -2.09. The van der Waals surface area contributed by atoms with Crippen molar-refractivity contribution in [3.8, 4) is 0 Å². The van der Waals surface area contributed by atoms with Gasteiger partial charge in [-0.2, -0.15) is 0 Å². The lowest BCUT2D eigenvalue weighted by Gasteiger charge is -2.21. The Morgan fingerprint density at radius 1 is 0.556 bits per heavy atom. The van der Waals surface area contributed by atoms with Gasteiger partial charge in [-0.25, -0.2) is 0 Å². The van der Waals surface area contributed by atoms with Crippen molar-refractivity contribution in [3.05, 3.63) is 33.4 Å². The van der Waals surface area contributed by atoms with E-state index in [4.69, 9.17) is 0 Å². The zero-order valence-electron chi connectivity index (χ0n) is 11.4. The smallest absolute Gasteiger partial charge is 0.00720 e. The summed E-state index contributed by atoms with van der Waals surface area (Å²) < 4.78 is 0. The van der Waals surface area contributed by atoms with E-state index in [2.05, 4.69) is 68.6 Å². The van der Waals surface area contributed by atoms with Gasteiger partial charge in [-0.1, -0.05) is 47.8 Å². The van der Waals surface area contributed by atoms with Crippen molar-refractivity contribution in [3.63, 3.8) is 0 Å². The third-order valence-electron chi connectivity index (χ3n) is 3.75. The van der Waals surface area contributed by atoms with Crippen LogP contribution in [0.25, 0.3) is 0 Å². The zero-order valence-corrected chi connectivity index (χ0v) is 16.1. The van der Waals surface area contributed by atoms with E-state index in [1.165, 1.54) is 16.7 Å². The van der Waals surface area contributed by atoms with Crippen LogP contribution < -0.4 is 0 Å². The monoisotopic (exact) mass is 438 g/mol. The number of alkyl halides is 3. The second-order valence-electron chi connectivity index (χ2n) is 4.63. The first-order valence-corrected chi connectivity index (χ1v) is 9.73. The Morgan fingerprint density at radius 3 is 0.944 bits per heavy atom. The van der Waals surface area contributed by atoms with Gasteiger partial charge in [0, 0.05) is 16.0 Å². The molecule has 0 saturated heterocycles. The maximum absolute atomic E-state index is 3.58. The maximum atomic E-state index is 3.58. The molecule has 0 amide bonds. The molecular weight excluding hydrogens is 420 g/mol. The zero-order chi connectivity index (χ0) is 13.7. The minimum atomic E-state index is 1.04. The van der Waals surface area contributed by atoms with Crippen LogP contribution in [-0.2, 0) is 19.3 Å². The summed E-state index contributed by atoms with van der Waals surface area (Å²) in [4.78, 5) is 0. The summed E-state index contributed by atoms with van der Waals surface area (Å²) in [6.07, 6.45) is 3.38. The van der Waals surface area contributed by atoms with Crippen LogP contribution in [-0.4, -0.2) is 16.0 Å². The lowest BCUT2D eigenvalue weighted by molar-refractivity contribution is 0.976. The first kappa shape index (κ1) is 16.7. The Hall–Kier alpha value is 0.660. The molecule has 0 spiro atoms. The van der Waals surface area contributed by atoms with Gasteiger partial charge < -0.3 is 0 Å². The van der Waals surface area contributed by atoms with Gasteiger partial charge in [-0.3, -0.25) is 0 Å². The van der Waals surface area contributed by atoms with Gasteiger partial charge in [0.15, 0.2) is 0 Å². The summed E-state index contributed by atoms with van der Waals surface area (Å²) in [7, 11) is 0. The highest BCUT2D eigenvalue weighted by molar-refractivity contribution is 9.09. The molecule has 1 aromatic carbocycles. The number of hydrogen-bond acceptors (Lipinski definition) is 0. The van der Waals surface area contributed by atoms with Crippen LogP contribution in [0.3, 0.4) is 0 Å². The molecule has 0 nitrogen and oxygen atoms in total. The summed E-state index contributed by atoms with van der Waals surface area (Å²) in [6, 6.07) is 0. The van der Waals surface area contributed by atoms with E-state index >= 15 is 0 Å². The van der Waals surface area contributed by atoms with Gasteiger partial charge >= 0.3 is 0 Å². The third-order valence-corrected chi connectivity index (χ3v) is 4.94. The van der Waals surface area contributed by atoms with Crippen LogP contribution in [0, 0.1) is 20.8 Å². The van der Waals surface area contributed by atoms with Gasteiger partial charge in [0.25, 0.3) is 0 Å². The fraction of sp³-hybridized carbons (Fsp3) is 0.600.